The average Bonchev–Trinajstić information content (AvgIpc) is 2.87. The molecule has 1 aliphatic rings. The molecule has 1 aliphatic carbocycles. The van der Waals surface area contributed by atoms with Gasteiger partial charge in [0.2, 0.25) is 0 Å². The Hall–Kier alpha value is -1.31. The maximum Gasteiger partial charge on any atom is 0.259 e. The van der Waals surface area contributed by atoms with Crippen molar-refractivity contribution in [3.8, 4) is 11.5 Å². The summed E-state index contributed by atoms with van der Waals surface area (Å²) < 4.78 is 11.9. The smallest absolute Gasteiger partial charge is 0.259 e. The Labute approximate surface area is 131 Å². The normalized spacial score (nSPS) is 18.2. The molecule has 21 heavy (non-hydrogen) atoms. The maximum atomic E-state index is 6.25. The van der Waals surface area contributed by atoms with Crippen LogP contribution >= 0.6 is 15.9 Å². The number of rotatable bonds is 5. The molecule has 0 aromatic carbocycles. The number of hydrogen-bond donors (Lipinski definition) is 1. The molecule has 1 saturated carbocycles. The molecule has 7 heteroatoms. The number of aromatic nitrogens is 3. The SMILES string of the molecule is CC(N)(COC1CCC1)c1noc(-c2cncc(Br)c2)n1. The fourth-order valence-corrected chi connectivity index (χ4v) is 2.36. The minimum atomic E-state index is -0.767. The van der Waals surface area contributed by atoms with Gasteiger partial charge in [0, 0.05) is 16.9 Å². The van der Waals surface area contributed by atoms with Crippen molar-refractivity contribution >= 4 is 15.9 Å². The quantitative estimate of drug-likeness (QED) is 0.889. The molecule has 3 rings (SSSR count). The first-order valence-electron chi connectivity index (χ1n) is 6.90. The van der Waals surface area contributed by atoms with Crippen LogP contribution in [0.5, 0.6) is 0 Å². The van der Waals surface area contributed by atoms with E-state index in [-0.39, 0.29) is 0 Å². The molecule has 112 valence electrons. The number of halogens is 1. The highest BCUT2D eigenvalue weighted by molar-refractivity contribution is 9.10. The van der Waals surface area contributed by atoms with Crippen molar-refractivity contribution in [1.82, 2.24) is 15.1 Å². The number of nitrogens with zero attached hydrogens (tertiary/aromatic N) is 3. The first-order valence-corrected chi connectivity index (χ1v) is 7.69. The van der Waals surface area contributed by atoms with Crippen LogP contribution in [0.15, 0.2) is 27.5 Å². The van der Waals surface area contributed by atoms with Crippen LogP contribution in [0.1, 0.15) is 32.0 Å². The summed E-state index contributed by atoms with van der Waals surface area (Å²) in [6.07, 6.45) is 7.14. The molecule has 6 nitrogen and oxygen atoms in total. The summed E-state index contributed by atoms with van der Waals surface area (Å²) in [5, 5.41) is 3.98. The molecule has 2 aromatic heterocycles. The Morgan fingerprint density at radius 1 is 1.48 bits per heavy atom. The van der Waals surface area contributed by atoms with Crippen molar-refractivity contribution < 1.29 is 9.26 Å². The van der Waals surface area contributed by atoms with Crippen molar-refractivity contribution in [1.29, 1.82) is 0 Å². The van der Waals surface area contributed by atoms with Crippen LogP contribution in [0, 0.1) is 0 Å². The Balaban J connectivity index is 1.73. The van der Waals surface area contributed by atoms with Gasteiger partial charge in [-0.25, -0.2) is 0 Å². The Bertz CT molecular complexity index is 625. The maximum absolute atomic E-state index is 6.25. The highest BCUT2D eigenvalue weighted by Gasteiger charge is 2.30. The van der Waals surface area contributed by atoms with Gasteiger partial charge in [0.1, 0.15) is 5.54 Å². The van der Waals surface area contributed by atoms with Crippen LogP contribution in [0.25, 0.3) is 11.5 Å². The first-order chi connectivity index (χ1) is 10.0. The zero-order valence-electron chi connectivity index (χ0n) is 11.8. The van der Waals surface area contributed by atoms with E-state index in [1.807, 2.05) is 13.0 Å². The van der Waals surface area contributed by atoms with Gasteiger partial charge in [-0.1, -0.05) is 5.16 Å². The predicted octanol–water partition coefficient (Wildman–Crippen LogP) is 2.64. The first kappa shape index (κ1) is 14.6. The van der Waals surface area contributed by atoms with E-state index in [1.165, 1.54) is 6.42 Å². The second-order valence-corrected chi connectivity index (χ2v) is 6.51. The zero-order chi connectivity index (χ0) is 14.9. The lowest BCUT2D eigenvalue weighted by Crippen LogP contribution is -2.41. The van der Waals surface area contributed by atoms with Crippen molar-refractivity contribution in [2.24, 2.45) is 5.73 Å². The topological polar surface area (TPSA) is 87.1 Å². The Morgan fingerprint density at radius 3 is 2.95 bits per heavy atom. The lowest BCUT2D eigenvalue weighted by molar-refractivity contribution is -0.0222. The van der Waals surface area contributed by atoms with Crippen molar-refractivity contribution in [3.05, 3.63) is 28.8 Å². The summed E-state index contributed by atoms with van der Waals surface area (Å²) in [4.78, 5) is 8.45. The summed E-state index contributed by atoms with van der Waals surface area (Å²) in [6.45, 7) is 2.23. The van der Waals surface area contributed by atoms with Crippen LogP contribution in [0.3, 0.4) is 0 Å². The fraction of sp³-hybridized carbons (Fsp3) is 0.500. The van der Waals surface area contributed by atoms with Crippen molar-refractivity contribution in [2.45, 2.75) is 37.8 Å². The van der Waals surface area contributed by atoms with Crippen LogP contribution < -0.4 is 5.73 Å². The lowest BCUT2D eigenvalue weighted by Gasteiger charge is -2.29. The molecule has 2 heterocycles. The number of hydrogen-bond acceptors (Lipinski definition) is 6. The molecule has 2 N–H and O–H groups in total. The van der Waals surface area contributed by atoms with E-state index in [0.717, 1.165) is 22.9 Å². The van der Waals surface area contributed by atoms with Gasteiger partial charge in [-0.3, -0.25) is 4.98 Å². The standard InChI is InChI=1S/C14H17BrN4O2/c1-14(16,8-20-11-3-2-4-11)13-18-12(21-19-13)9-5-10(15)7-17-6-9/h5-7,11H,2-4,8,16H2,1H3. The predicted molar refractivity (Wildman–Crippen MR) is 80.4 cm³/mol. The van der Waals surface area contributed by atoms with E-state index in [2.05, 4.69) is 31.1 Å². The number of pyridine rings is 1. The third-order valence-corrected chi connectivity index (χ3v) is 3.99. The molecule has 0 radical (unpaired) electrons. The van der Waals surface area contributed by atoms with Gasteiger partial charge in [-0.2, -0.15) is 4.98 Å². The van der Waals surface area contributed by atoms with E-state index in [0.29, 0.717) is 24.4 Å². The van der Waals surface area contributed by atoms with Gasteiger partial charge < -0.3 is 15.0 Å². The minimum Gasteiger partial charge on any atom is -0.376 e. The third-order valence-electron chi connectivity index (χ3n) is 3.56. The molecule has 1 fully saturated rings. The Morgan fingerprint density at radius 2 is 2.29 bits per heavy atom. The second-order valence-electron chi connectivity index (χ2n) is 5.60. The third kappa shape index (κ3) is 3.30. The van der Waals surface area contributed by atoms with E-state index in [4.69, 9.17) is 15.0 Å². The van der Waals surface area contributed by atoms with E-state index >= 15 is 0 Å². The molecular weight excluding hydrogens is 336 g/mol. The van der Waals surface area contributed by atoms with Crippen LogP contribution in [0.4, 0.5) is 0 Å². The van der Waals surface area contributed by atoms with Gasteiger partial charge >= 0.3 is 0 Å². The molecule has 0 aliphatic heterocycles. The van der Waals surface area contributed by atoms with Crippen LogP contribution in [-0.2, 0) is 10.3 Å². The van der Waals surface area contributed by atoms with E-state index in [1.54, 1.807) is 12.4 Å². The summed E-state index contributed by atoms with van der Waals surface area (Å²) in [5.41, 5.74) is 6.23. The number of nitrogens with two attached hydrogens (primary N) is 1. The molecular formula is C14H17BrN4O2. The van der Waals surface area contributed by atoms with Crippen molar-refractivity contribution in [3.63, 3.8) is 0 Å². The van der Waals surface area contributed by atoms with Crippen LogP contribution in [-0.4, -0.2) is 27.8 Å². The molecule has 0 bridgehead atoms. The minimum absolute atomic E-state index is 0.327. The van der Waals surface area contributed by atoms with Crippen molar-refractivity contribution in [2.75, 3.05) is 6.61 Å². The summed E-state index contributed by atoms with van der Waals surface area (Å²) in [5.74, 6) is 0.843. The van der Waals surface area contributed by atoms with Gasteiger partial charge in [0.15, 0.2) is 5.82 Å². The molecule has 2 aromatic rings. The van der Waals surface area contributed by atoms with Gasteiger partial charge in [-0.15, -0.1) is 0 Å². The molecule has 0 saturated heterocycles. The van der Waals surface area contributed by atoms with Gasteiger partial charge in [0.25, 0.3) is 5.89 Å². The number of ether oxygens (including phenoxy) is 1. The van der Waals surface area contributed by atoms with Gasteiger partial charge in [0.05, 0.1) is 18.3 Å². The lowest BCUT2D eigenvalue weighted by atomic mass is 9.95. The van der Waals surface area contributed by atoms with E-state index < -0.39 is 5.54 Å². The van der Waals surface area contributed by atoms with Gasteiger partial charge in [-0.05, 0) is 48.2 Å². The monoisotopic (exact) mass is 352 g/mol. The average molecular weight is 353 g/mol. The highest BCUT2D eigenvalue weighted by atomic mass is 79.9. The fourth-order valence-electron chi connectivity index (χ4n) is 1.99. The summed E-state index contributed by atoms with van der Waals surface area (Å²) in [7, 11) is 0. The Kier molecular flexibility index (Phi) is 4.05. The summed E-state index contributed by atoms with van der Waals surface area (Å²) in [6, 6.07) is 1.86. The zero-order valence-corrected chi connectivity index (χ0v) is 13.3. The second kappa shape index (κ2) is 5.82. The molecule has 1 atom stereocenters. The largest absolute Gasteiger partial charge is 0.376 e. The molecule has 0 spiro atoms. The summed E-state index contributed by atoms with van der Waals surface area (Å²) >= 11 is 3.36. The molecule has 0 amide bonds. The molecule has 1 unspecified atom stereocenters. The highest BCUT2D eigenvalue weighted by Crippen LogP contribution is 2.26. The van der Waals surface area contributed by atoms with Crippen LogP contribution in [0.2, 0.25) is 0 Å². The van der Waals surface area contributed by atoms with E-state index in [9.17, 15) is 0 Å².